The Balaban J connectivity index is 2.87. The van der Waals surface area contributed by atoms with Crippen molar-refractivity contribution in [2.24, 2.45) is 0 Å². The van der Waals surface area contributed by atoms with Gasteiger partial charge in [0.15, 0.2) is 0 Å². The average molecular weight is 159 g/mol. The summed E-state index contributed by atoms with van der Waals surface area (Å²) >= 11 is 5.51. The van der Waals surface area contributed by atoms with Crippen LogP contribution in [-0.2, 0) is 5.88 Å². The summed E-state index contributed by atoms with van der Waals surface area (Å²) in [5, 5.41) is 0. The quantitative estimate of drug-likeness (QED) is 0.608. The zero-order valence-corrected chi connectivity index (χ0v) is 6.30. The molecule has 0 amide bonds. The lowest BCUT2D eigenvalue weighted by Gasteiger charge is -1.97. The second-order valence-electron chi connectivity index (χ2n) is 1.69. The van der Waals surface area contributed by atoms with Crippen molar-refractivity contribution < 1.29 is 4.74 Å². The smallest absolute Gasteiger partial charge is 0.216 e. The molecule has 0 aliphatic carbocycles. The van der Waals surface area contributed by atoms with Crippen molar-refractivity contribution in [1.82, 2.24) is 9.97 Å². The SMILES string of the molecule is COc1cc(CCl)ncn1. The first-order chi connectivity index (χ1) is 4.86. The van der Waals surface area contributed by atoms with E-state index in [-0.39, 0.29) is 0 Å². The molecule has 0 fully saturated rings. The minimum atomic E-state index is 0.388. The summed E-state index contributed by atoms with van der Waals surface area (Å²) in [5.41, 5.74) is 0.772. The molecule has 0 N–H and O–H groups in total. The predicted molar refractivity (Wildman–Crippen MR) is 38.1 cm³/mol. The molecule has 1 aromatic heterocycles. The Hall–Kier alpha value is -0.830. The van der Waals surface area contributed by atoms with Crippen molar-refractivity contribution in [3.8, 4) is 5.88 Å². The number of ether oxygens (including phenoxy) is 1. The number of aromatic nitrogens is 2. The van der Waals surface area contributed by atoms with Gasteiger partial charge < -0.3 is 4.74 Å². The second kappa shape index (κ2) is 3.37. The number of halogens is 1. The molecule has 0 saturated heterocycles. The van der Waals surface area contributed by atoms with Crippen LogP contribution in [0.5, 0.6) is 5.88 Å². The van der Waals surface area contributed by atoms with Crippen LogP contribution in [0.15, 0.2) is 12.4 Å². The number of nitrogens with zero attached hydrogens (tertiary/aromatic N) is 2. The molecule has 0 unspecified atom stereocenters. The maximum atomic E-state index is 5.51. The first kappa shape index (κ1) is 7.28. The summed E-state index contributed by atoms with van der Waals surface area (Å²) in [7, 11) is 1.56. The third kappa shape index (κ3) is 1.57. The van der Waals surface area contributed by atoms with E-state index in [1.807, 2.05) is 0 Å². The Morgan fingerprint density at radius 2 is 2.40 bits per heavy atom. The fourth-order valence-electron chi connectivity index (χ4n) is 0.562. The van der Waals surface area contributed by atoms with Crippen LogP contribution in [0, 0.1) is 0 Å². The minimum absolute atomic E-state index is 0.388. The van der Waals surface area contributed by atoms with Crippen LogP contribution >= 0.6 is 11.6 Å². The molecule has 3 nitrogen and oxygen atoms in total. The summed E-state index contributed by atoms with van der Waals surface area (Å²) in [6.45, 7) is 0. The van der Waals surface area contributed by atoms with Gasteiger partial charge in [-0.15, -0.1) is 11.6 Å². The fraction of sp³-hybridized carbons (Fsp3) is 0.333. The van der Waals surface area contributed by atoms with Gasteiger partial charge in [-0.05, 0) is 0 Å². The molecule has 0 aromatic carbocycles. The molecule has 4 heteroatoms. The standard InChI is InChI=1S/C6H7ClN2O/c1-10-6-2-5(3-7)8-4-9-6/h2,4H,3H2,1H3. The maximum absolute atomic E-state index is 5.51. The van der Waals surface area contributed by atoms with Gasteiger partial charge >= 0.3 is 0 Å². The number of alkyl halides is 1. The summed E-state index contributed by atoms with van der Waals surface area (Å²) in [6, 6.07) is 1.70. The van der Waals surface area contributed by atoms with E-state index in [0.717, 1.165) is 5.69 Å². The van der Waals surface area contributed by atoms with Crippen LogP contribution < -0.4 is 4.74 Å². The Bertz CT molecular complexity index is 197. The van der Waals surface area contributed by atoms with Crippen LogP contribution in [-0.4, -0.2) is 17.1 Å². The van der Waals surface area contributed by atoms with Crippen LogP contribution in [0.4, 0.5) is 0 Å². The first-order valence-electron chi connectivity index (χ1n) is 2.77. The van der Waals surface area contributed by atoms with Crippen molar-refractivity contribution in [1.29, 1.82) is 0 Å². The van der Waals surface area contributed by atoms with Gasteiger partial charge in [0, 0.05) is 6.07 Å². The summed E-state index contributed by atoms with van der Waals surface area (Å²) in [4.78, 5) is 7.70. The third-order valence-electron chi connectivity index (χ3n) is 1.04. The van der Waals surface area contributed by atoms with Crippen molar-refractivity contribution in [3.63, 3.8) is 0 Å². The van der Waals surface area contributed by atoms with Gasteiger partial charge in [0.2, 0.25) is 5.88 Å². The second-order valence-corrected chi connectivity index (χ2v) is 1.95. The summed E-state index contributed by atoms with van der Waals surface area (Å²) in [5.74, 6) is 0.935. The Kier molecular flexibility index (Phi) is 2.45. The monoisotopic (exact) mass is 158 g/mol. The molecule has 0 bridgehead atoms. The Labute approximate surface area is 64.0 Å². The molecule has 1 heterocycles. The highest BCUT2D eigenvalue weighted by Crippen LogP contribution is 2.06. The van der Waals surface area contributed by atoms with Gasteiger partial charge in [0.25, 0.3) is 0 Å². The Morgan fingerprint density at radius 3 is 3.00 bits per heavy atom. The number of hydrogen-bond donors (Lipinski definition) is 0. The zero-order chi connectivity index (χ0) is 7.40. The van der Waals surface area contributed by atoms with E-state index in [2.05, 4.69) is 9.97 Å². The first-order valence-corrected chi connectivity index (χ1v) is 3.31. The molecular weight excluding hydrogens is 152 g/mol. The summed E-state index contributed by atoms with van der Waals surface area (Å²) in [6.07, 6.45) is 1.43. The van der Waals surface area contributed by atoms with E-state index >= 15 is 0 Å². The van der Waals surface area contributed by atoms with Crippen molar-refractivity contribution in [2.45, 2.75) is 5.88 Å². The zero-order valence-electron chi connectivity index (χ0n) is 5.54. The fourth-order valence-corrected chi connectivity index (χ4v) is 0.708. The number of methoxy groups -OCH3 is 1. The summed E-state index contributed by atoms with van der Waals surface area (Å²) < 4.78 is 4.85. The number of hydrogen-bond acceptors (Lipinski definition) is 3. The molecular formula is C6H7ClN2O. The van der Waals surface area contributed by atoms with Crippen LogP contribution in [0.25, 0.3) is 0 Å². The molecule has 0 aliphatic rings. The van der Waals surface area contributed by atoms with E-state index in [1.54, 1.807) is 13.2 Å². The maximum Gasteiger partial charge on any atom is 0.216 e. The van der Waals surface area contributed by atoms with E-state index in [0.29, 0.717) is 11.8 Å². The molecule has 0 saturated carbocycles. The molecule has 1 rings (SSSR count). The lowest BCUT2D eigenvalue weighted by molar-refractivity contribution is 0.396. The van der Waals surface area contributed by atoms with Gasteiger partial charge in [-0.3, -0.25) is 0 Å². The average Bonchev–Trinajstić information content (AvgIpc) is 2.05. The van der Waals surface area contributed by atoms with Gasteiger partial charge in [0.1, 0.15) is 6.33 Å². The van der Waals surface area contributed by atoms with E-state index in [9.17, 15) is 0 Å². The third-order valence-corrected chi connectivity index (χ3v) is 1.32. The van der Waals surface area contributed by atoms with Crippen LogP contribution in [0.3, 0.4) is 0 Å². The molecule has 0 radical (unpaired) electrons. The predicted octanol–water partition coefficient (Wildman–Crippen LogP) is 1.22. The lowest BCUT2D eigenvalue weighted by atomic mass is 10.4. The molecule has 0 aliphatic heterocycles. The van der Waals surface area contributed by atoms with E-state index in [4.69, 9.17) is 16.3 Å². The van der Waals surface area contributed by atoms with E-state index in [1.165, 1.54) is 6.33 Å². The largest absolute Gasteiger partial charge is 0.481 e. The topological polar surface area (TPSA) is 35.0 Å². The highest BCUT2D eigenvalue weighted by Gasteiger charge is 1.94. The molecule has 10 heavy (non-hydrogen) atoms. The lowest BCUT2D eigenvalue weighted by Crippen LogP contribution is -1.91. The van der Waals surface area contributed by atoms with Crippen molar-refractivity contribution >= 4 is 11.6 Å². The molecule has 0 spiro atoms. The highest BCUT2D eigenvalue weighted by molar-refractivity contribution is 6.16. The van der Waals surface area contributed by atoms with Gasteiger partial charge in [-0.2, -0.15) is 0 Å². The minimum Gasteiger partial charge on any atom is -0.481 e. The van der Waals surface area contributed by atoms with E-state index < -0.39 is 0 Å². The molecule has 1 aromatic rings. The Morgan fingerprint density at radius 1 is 1.60 bits per heavy atom. The number of rotatable bonds is 2. The van der Waals surface area contributed by atoms with Crippen molar-refractivity contribution in [2.75, 3.05) is 7.11 Å². The molecule has 0 atom stereocenters. The van der Waals surface area contributed by atoms with Crippen molar-refractivity contribution in [3.05, 3.63) is 18.1 Å². The van der Waals surface area contributed by atoms with Crippen LogP contribution in [0.1, 0.15) is 5.69 Å². The van der Waals surface area contributed by atoms with Crippen LogP contribution in [0.2, 0.25) is 0 Å². The van der Waals surface area contributed by atoms with Gasteiger partial charge in [-0.1, -0.05) is 0 Å². The van der Waals surface area contributed by atoms with Gasteiger partial charge in [-0.25, -0.2) is 9.97 Å². The highest BCUT2D eigenvalue weighted by atomic mass is 35.5. The van der Waals surface area contributed by atoms with Gasteiger partial charge in [0.05, 0.1) is 18.7 Å². The molecule has 54 valence electrons. The normalized spacial score (nSPS) is 9.40.